The van der Waals surface area contributed by atoms with Crippen LogP contribution in [-0.2, 0) is 9.59 Å². The van der Waals surface area contributed by atoms with E-state index in [9.17, 15) is 14.7 Å². The van der Waals surface area contributed by atoms with Gasteiger partial charge >= 0.3 is 11.9 Å². The van der Waals surface area contributed by atoms with Crippen LogP contribution in [0, 0.1) is 17.3 Å². The van der Waals surface area contributed by atoms with E-state index in [0.717, 1.165) is 0 Å². The SMILES string of the molecule is CC(C)CC(CCCCC(=O)O)(CC(C)C)C(=O)O. The number of carboxylic acids is 2. The highest BCUT2D eigenvalue weighted by molar-refractivity contribution is 5.74. The molecule has 0 rings (SSSR count). The number of hydrogen-bond acceptors (Lipinski definition) is 2. The molecule has 2 N–H and O–H groups in total. The normalized spacial score (nSPS) is 12.1. The van der Waals surface area contributed by atoms with E-state index in [0.29, 0.717) is 43.9 Å². The molecule has 112 valence electrons. The van der Waals surface area contributed by atoms with Gasteiger partial charge < -0.3 is 10.2 Å². The molecule has 0 bridgehead atoms. The predicted molar refractivity (Wildman–Crippen MR) is 75.1 cm³/mol. The van der Waals surface area contributed by atoms with Crippen LogP contribution in [-0.4, -0.2) is 22.2 Å². The average molecular weight is 272 g/mol. The molecule has 0 heterocycles. The molecule has 0 aromatic rings. The summed E-state index contributed by atoms with van der Waals surface area (Å²) in [5.41, 5.74) is -0.694. The maximum Gasteiger partial charge on any atom is 0.309 e. The molecule has 0 saturated heterocycles. The van der Waals surface area contributed by atoms with Crippen LogP contribution in [0.4, 0.5) is 0 Å². The van der Waals surface area contributed by atoms with Gasteiger partial charge in [-0.3, -0.25) is 9.59 Å². The average Bonchev–Trinajstić information content (AvgIpc) is 2.21. The fourth-order valence-corrected chi connectivity index (χ4v) is 2.87. The van der Waals surface area contributed by atoms with Gasteiger partial charge in [-0.05, 0) is 37.5 Å². The standard InChI is InChI=1S/C15H28O4/c1-11(2)9-15(14(18)19,10-12(3)4)8-6-5-7-13(16)17/h11-12H,5-10H2,1-4H3,(H,16,17)(H,18,19). The Morgan fingerprint density at radius 3 is 1.74 bits per heavy atom. The Balaban J connectivity index is 4.70. The first-order valence-corrected chi connectivity index (χ1v) is 7.15. The molecule has 0 aromatic carbocycles. The Morgan fingerprint density at radius 1 is 0.947 bits per heavy atom. The molecule has 4 nitrogen and oxygen atoms in total. The van der Waals surface area contributed by atoms with Crippen molar-refractivity contribution in [2.24, 2.45) is 17.3 Å². The first-order valence-electron chi connectivity index (χ1n) is 7.15. The Bertz CT molecular complexity index is 285. The highest BCUT2D eigenvalue weighted by Crippen LogP contribution is 2.39. The van der Waals surface area contributed by atoms with Gasteiger partial charge in [0.1, 0.15) is 0 Å². The lowest BCUT2D eigenvalue weighted by atomic mass is 9.71. The van der Waals surface area contributed by atoms with Crippen molar-refractivity contribution in [1.29, 1.82) is 0 Å². The largest absolute Gasteiger partial charge is 0.481 e. The minimum Gasteiger partial charge on any atom is -0.481 e. The quantitative estimate of drug-likeness (QED) is 0.593. The Morgan fingerprint density at radius 2 is 1.42 bits per heavy atom. The highest BCUT2D eigenvalue weighted by Gasteiger charge is 2.38. The molecule has 4 heteroatoms. The summed E-state index contributed by atoms with van der Waals surface area (Å²) in [6, 6.07) is 0. The van der Waals surface area contributed by atoms with Crippen molar-refractivity contribution in [3.8, 4) is 0 Å². The summed E-state index contributed by atoms with van der Waals surface area (Å²) in [4.78, 5) is 22.2. The summed E-state index contributed by atoms with van der Waals surface area (Å²) in [5.74, 6) is -0.887. The molecule has 0 unspecified atom stereocenters. The number of carboxylic acid groups (broad SMARTS) is 2. The van der Waals surface area contributed by atoms with Gasteiger partial charge in [0, 0.05) is 6.42 Å². The Hall–Kier alpha value is -1.06. The lowest BCUT2D eigenvalue weighted by Gasteiger charge is -2.33. The smallest absolute Gasteiger partial charge is 0.309 e. The van der Waals surface area contributed by atoms with Gasteiger partial charge in [-0.15, -0.1) is 0 Å². The molecular weight excluding hydrogens is 244 g/mol. The van der Waals surface area contributed by atoms with Gasteiger partial charge in [0.15, 0.2) is 0 Å². The van der Waals surface area contributed by atoms with E-state index in [1.165, 1.54) is 0 Å². The van der Waals surface area contributed by atoms with Crippen LogP contribution >= 0.6 is 0 Å². The van der Waals surface area contributed by atoms with E-state index in [4.69, 9.17) is 5.11 Å². The topological polar surface area (TPSA) is 74.6 Å². The third kappa shape index (κ3) is 7.19. The van der Waals surface area contributed by atoms with E-state index < -0.39 is 17.4 Å². The predicted octanol–water partition coefficient (Wildman–Crippen LogP) is 3.79. The number of hydrogen-bond donors (Lipinski definition) is 2. The Labute approximate surface area is 116 Å². The molecule has 0 aliphatic carbocycles. The number of aliphatic carboxylic acids is 2. The summed E-state index contributed by atoms with van der Waals surface area (Å²) < 4.78 is 0. The van der Waals surface area contributed by atoms with Crippen molar-refractivity contribution in [3.05, 3.63) is 0 Å². The summed E-state index contributed by atoms with van der Waals surface area (Å²) in [6.07, 6.45) is 3.24. The van der Waals surface area contributed by atoms with Gasteiger partial charge in [0.05, 0.1) is 5.41 Å². The van der Waals surface area contributed by atoms with Crippen LogP contribution in [0.5, 0.6) is 0 Å². The molecule has 19 heavy (non-hydrogen) atoms. The monoisotopic (exact) mass is 272 g/mol. The lowest BCUT2D eigenvalue weighted by molar-refractivity contribution is -0.152. The zero-order valence-corrected chi connectivity index (χ0v) is 12.6. The minimum atomic E-state index is -0.811. The van der Waals surface area contributed by atoms with Crippen molar-refractivity contribution in [2.75, 3.05) is 0 Å². The van der Waals surface area contributed by atoms with Crippen LogP contribution < -0.4 is 0 Å². The van der Waals surface area contributed by atoms with Crippen LogP contribution in [0.15, 0.2) is 0 Å². The fourth-order valence-electron chi connectivity index (χ4n) is 2.87. The van der Waals surface area contributed by atoms with Crippen molar-refractivity contribution >= 4 is 11.9 Å². The molecular formula is C15H28O4. The molecule has 0 aliphatic rings. The van der Waals surface area contributed by atoms with Crippen molar-refractivity contribution in [3.63, 3.8) is 0 Å². The second-order valence-electron chi connectivity index (χ2n) is 6.38. The number of rotatable bonds is 10. The van der Waals surface area contributed by atoms with Gasteiger partial charge in [-0.25, -0.2) is 0 Å². The molecule has 0 spiro atoms. The molecule has 0 aliphatic heterocycles. The van der Waals surface area contributed by atoms with Gasteiger partial charge in [-0.1, -0.05) is 34.1 Å². The molecule has 0 amide bonds. The number of unbranched alkanes of at least 4 members (excludes halogenated alkanes) is 1. The van der Waals surface area contributed by atoms with E-state index in [2.05, 4.69) is 0 Å². The zero-order valence-electron chi connectivity index (χ0n) is 12.6. The van der Waals surface area contributed by atoms with E-state index in [1.807, 2.05) is 27.7 Å². The first kappa shape index (κ1) is 17.9. The van der Waals surface area contributed by atoms with Gasteiger partial charge in [-0.2, -0.15) is 0 Å². The summed E-state index contributed by atoms with van der Waals surface area (Å²) in [6.45, 7) is 8.15. The maximum atomic E-state index is 11.7. The van der Waals surface area contributed by atoms with Crippen LogP contribution in [0.2, 0.25) is 0 Å². The van der Waals surface area contributed by atoms with Crippen molar-refractivity contribution in [2.45, 2.75) is 66.2 Å². The van der Waals surface area contributed by atoms with E-state index >= 15 is 0 Å². The van der Waals surface area contributed by atoms with Crippen LogP contribution in [0.3, 0.4) is 0 Å². The molecule has 0 fully saturated rings. The third-order valence-corrected chi connectivity index (χ3v) is 3.35. The molecule has 0 aromatic heterocycles. The number of carbonyl (C=O) groups is 2. The van der Waals surface area contributed by atoms with Gasteiger partial charge in [0.25, 0.3) is 0 Å². The van der Waals surface area contributed by atoms with Crippen molar-refractivity contribution in [1.82, 2.24) is 0 Å². The highest BCUT2D eigenvalue weighted by atomic mass is 16.4. The van der Waals surface area contributed by atoms with Crippen LogP contribution in [0.25, 0.3) is 0 Å². The zero-order chi connectivity index (χ0) is 15.1. The van der Waals surface area contributed by atoms with Crippen LogP contribution in [0.1, 0.15) is 66.2 Å². The molecule has 0 saturated carbocycles. The second-order valence-corrected chi connectivity index (χ2v) is 6.38. The summed E-state index contributed by atoms with van der Waals surface area (Å²) in [5, 5.41) is 18.2. The fraction of sp³-hybridized carbons (Fsp3) is 0.867. The van der Waals surface area contributed by atoms with Crippen molar-refractivity contribution < 1.29 is 19.8 Å². The maximum absolute atomic E-state index is 11.7. The summed E-state index contributed by atoms with van der Waals surface area (Å²) >= 11 is 0. The first-order chi connectivity index (χ1) is 8.69. The second kappa shape index (κ2) is 8.18. The molecule has 0 radical (unpaired) electrons. The van der Waals surface area contributed by atoms with E-state index in [-0.39, 0.29) is 6.42 Å². The third-order valence-electron chi connectivity index (χ3n) is 3.35. The Kier molecular flexibility index (Phi) is 7.72. The summed E-state index contributed by atoms with van der Waals surface area (Å²) in [7, 11) is 0. The van der Waals surface area contributed by atoms with Gasteiger partial charge in [0.2, 0.25) is 0 Å². The minimum absolute atomic E-state index is 0.124. The molecule has 0 atom stereocenters. The lowest BCUT2D eigenvalue weighted by Crippen LogP contribution is -2.34. The van der Waals surface area contributed by atoms with E-state index in [1.54, 1.807) is 0 Å².